The van der Waals surface area contributed by atoms with Crippen LogP contribution >= 0.6 is 11.6 Å². The lowest BCUT2D eigenvalue weighted by Gasteiger charge is -2.08. The number of aromatic carboxylic acids is 1. The highest BCUT2D eigenvalue weighted by Gasteiger charge is 2.15. The Morgan fingerprint density at radius 1 is 1.20 bits per heavy atom. The SMILES string of the molecule is O=C(O)c1ccc(Cl)cc1NC(=O)c1c[nH]ccc1=O. The maximum atomic E-state index is 12.0. The van der Waals surface area contributed by atoms with Crippen molar-refractivity contribution in [3.05, 3.63) is 63.0 Å². The van der Waals surface area contributed by atoms with Gasteiger partial charge in [-0.2, -0.15) is 0 Å². The smallest absolute Gasteiger partial charge is 0.337 e. The zero-order chi connectivity index (χ0) is 14.7. The lowest BCUT2D eigenvalue weighted by Crippen LogP contribution is -2.22. The fourth-order valence-corrected chi connectivity index (χ4v) is 1.76. The Morgan fingerprint density at radius 3 is 2.60 bits per heavy atom. The van der Waals surface area contributed by atoms with Gasteiger partial charge in [-0.15, -0.1) is 0 Å². The second kappa shape index (κ2) is 5.58. The molecule has 2 rings (SSSR count). The summed E-state index contributed by atoms with van der Waals surface area (Å²) in [6, 6.07) is 5.18. The van der Waals surface area contributed by atoms with E-state index in [2.05, 4.69) is 10.3 Å². The highest BCUT2D eigenvalue weighted by molar-refractivity contribution is 6.31. The first-order valence-electron chi connectivity index (χ1n) is 5.50. The molecule has 1 aromatic carbocycles. The van der Waals surface area contributed by atoms with Crippen LogP contribution in [0.1, 0.15) is 20.7 Å². The van der Waals surface area contributed by atoms with Gasteiger partial charge in [0.25, 0.3) is 5.91 Å². The molecule has 1 aromatic heterocycles. The first kappa shape index (κ1) is 13.8. The minimum Gasteiger partial charge on any atom is -0.478 e. The summed E-state index contributed by atoms with van der Waals surface area (Å²) in [4.78, 5) is 37.1. The van der Waals surface area contributed by atoms with Crippen LogP contribution in [0.25, 0.3) is 0 Å². The van der Waals surface area contributed by atoms with Crippen LogP contribution < -0.4 is 10.7 Å². The number of anilines is 1. The molecule has 0 saturated heterocycles. The molecule has 6 nitrogen and oxygen atoms in total. The van der Waals surface area contributed by atoms with E-state index in [9.17, 15) is 14.4 Å². The number of carboxylic acids is 1. The highest BCUT2D eigenvalue weighted by atomic mass is 35.5. The van der Waals surface area contributed by atoms with E-state index in [-0.39, 0.29) is 21.8 Å². The Kier molecular flexibility index (Phi) is 3.86. The minimum atomic E-state index is -1.21. The zero-order valence-electron chi connectivity index (χ0n) is 10.0. The number of pyridine rings is 1. The number of benzene rings is 1. The molecule has 2 aromatic rings. The summed E-state index contributed by atoms with van der Waals surface area (Å²) in [6.07, 6.45) is 2.63. The van der Waals surface area contributed by atoms with Crippen LogP contribution in [0.3, 0.4) is 0 Å². The standard InChI is InChI=1S/C13H9ClN2O4/c14-7-1-2-8(13(19)20)10(5-7)16-12(18)9-6-15-4-3-11(9)17/h1-6H,(H,15,17)(H,16,18)(H,19,20). The second-order valence-electron chi connectivity index (χ2n) is 3.87. The van der Waals surface area contributed by atoms with Crippen molar-refractivity contribution in [2.45, 2.75) is 0 Å². The van der Waals surface area contributed by atoms with Crippen molar-refractivity contribution >= 4 is 29.2 Å². The molecule has 102 valence electrons. The normalized spacial score (nSPS) is 10.1. The summed E-state index contributed by atoms with van der Waals surface area (Å²) in [6.45, 7) is 0. The summed E-state index contributed by atoms with van der Waals surface area (Å²) < 4.78 is 0. The Balaban J connectivity index is 2.38. The molecular formula is C13H9ClN2O4. The second-order valence-corrected chi connectivity index (χ2v) is 4.31. The van der Waals surface area contributed by atoms with Crippen LogP contribution in [-0.4, -0.2) is 22.0 Å². The third-order valence-corrected chi connectivity index (χ3v) is 2.76. The average Bonchev–Trinajstić information content (AvgIpc) is 2.38. The first-order chi connectivity index (χ1) is 9.49. The van der Waals surface area contributed by atoms with Crippen molar-refractivity contribution in [1.82, 2.24) is 4.98 Å². The molecule has 0 fully saturated rings. The molecule has 0 radical (unpaired) electrons. The number of aromatic amines is 1. The number of carbonyl (C=O) groups is 2. The van der Waals surface area contributed by atoms with Gasteiger partial charge in [-0.1, -0.05) is 11.6 Å². The molecule has 0 unspecified atom stereocenters. The Hall–Kier alpha value is -2.60. The van der Waals surface area contributed by atoms with Crippen molar-refractivity contribution in [3.8, 4) is 0 Å². The van der Waals surface area contributed by atoms with Crippen LogP contribution in [0.5, 0.6) is 0 Å². The van der Waals surface area contributed by atoms with E-state index in [1.807, 2.05) is 0 Å². The van der Waals surface area contributed by atoms with Gasteiger partial charge in [0.1, 0.15) is 5.56 Å². The van der Waals surface area contributed by atoms with Crippen molar-refractivity contribution in [2.75, 3.05) is 5.32 Å². The number of hydrogen-bond donors (Lipinski definition) is 3. The monoisotopic (exact) mass is 292 g/mol. The fourth-order valence-electron chi connectivity index (χ4n) is 1.59. The predicted octanol–water partition coefficient (Wildman–Crippen LogP) is 1.98. The molecule has 3 N–H and O–H groups in total. The summed E-state index contributed by atoms with van der Waals surface area (Å²) in [7, 11) is 0. The van der Waals surface area contributed by atoms with Crippen molar-refractivity contribution in [3.63, 3.8) is 0 Å². The predicted molar refractivity (Wildman–Crippen MR) is 73.4 cm³/mol. The third-order valence-electron chi connectivity index (χ3n) is 2.53. The van der Waals surface area contributed by atoms with Crippen molar-refractivity contribution in [2.24, 2.45) is 0 Å². The Morgan fingerprint density at radius 2 is 1.95 bits per heavy atom. The van der Waals surface area contributed by atoms with E-state index in [0.29, 0.717) is 0 Å². The molecule has 20 heavy (non-hydrogen) atoms. The lowest BCUT2D eigenvalue weighted by atomic mass is 10.1. The van der Waals surface area contributed by atoms with Gasteiger partial charge in [-0.3, -0.25) is 9.59 Å². The van der Waals surface area contributed by atoms with Gasteiger partial charge in [-0.05, 0) is 18.2 Å². The summed E-state index contributed by atoms with van der Waals surface area (Å²) in [5.41, 5.74) is -0.683. The number of halogens is 1. The summed E-state index contributed by atoms with van der Waals surface area (Å²) >= 11 is 5.77. The Bertz CT molecular complexity index is 739. The Labute approximate surface area is 118 Å². The van der Waals surface area contributed by atoms with Crippen LogP contribution in [0.2, 0.25) is 5.02 Å². The average molecular weight is 293 g/mol. The molecule has 0 atom stereocenters. The number of H-pyrrole nitrogens is 1. The van der Waals surface area contributed by atoms with E-state index in [0.717, 1.165) is 0 Å². The van der Waals surface area contributed by atoms with Gasteiger partial charge in [0.05, 0.1) is 11.3 Å². The van der Waals surface area contributed by atoms with E-state index < -0.39 is 17.3 Å². The fraction of sp³-hybridized carbons (Fsp3) is 0. The number of amides is 1. The molecule has 0 spiro atoms. The van der Waals surface area contributed by atoms with Crippen LogP contribution in [0.4, 0.5) is 5.69 Å². The molecule has 0 bridgehead atoms. The minimum absolute atomic E-state index is 0.0262. The highest BCUT2D eigenvalue weighted by Crippen LogP contribution is 2.21. The zero-order valence-corrected chi connectivity index (χ0v) is 10.8. The summed E-state index contributed by atoms with van der Waals surface area (Å²) in [5, 5.41) is 11.7. The number of carboxylic acid groups (broad SMARTS) is 1. The van der Waals surface area contributed by atoms with Gasteiger partial charge in [0.15, 0.2) is 5.43 Å². The molecule has 7 heteroatoms. The molecule has 0 saturated carbocycles. The lowest BCUT2D eigenvalue weighted by molar-refractivity contribution is 0.0698. The van der Waals surface area contributed by atoms with Gasteiger partial charge in [-0.25, -0.2) is 4.79 Å². The molecule has 1 heterocycles. The topological polar surface area (TPSA) is 99.3 Å². The van der Waals surface area contributed by atoms with Gasteiger partial charge in [0, 0.05) is 23.5 Å². The quantitative estimate of drug-likeness (QED) is 0.805. The number of hydrogen-bond acceptors (Lipinski definition) is 3. The maximum absolute atomic E-state index is 12.0. The maximum Gasteiger partial charge on any atom is 0.337 e. The van der Waals surface area contributed by atoms with Crippen LogP contribution in [-0.2, 0) is 0 Å². The molecule has 0 aliphatic heterocycles. The number of aromatic nitrogens is 1. The van der Waals surface area contributed by atoms with Crippen molar-refractivity contribution in [1.29, 1.82) is 0 Å². The number of nitrogens with one attached hydrogen (secondary N) is 2. The third kappa shape index (κ3) is 2.86. The number of rotatable bonds is 3. The van der Waals surface area contributed by atoms with Gasteiger partial charge < -0.3 is 15.4 Å². The van der Waals surface area contributed by atoms with Gasteiger partial charge >= 0.3 is 5.97 Å². The van der Waals surface area contributed by atoms with E-state index in [1.165, 1.54) is 36.7 Å². The van der Waals surface area contributed by atoms with Crippen LogP contribution in [0.15, 0.2) is 41.5 Å². The van der Waals surface area contributed by atoms with E-state index >= 15 is 0 Å². The number of carbonyl (C=O) groups excluding carboxylic acids is 1. The molecule has 1 amide bonds. The van der Waals surface area contributed by atoms with Crippen molar-refractivity contribution < 1.29 is 14.7 Å². The van der Waals surface area contributed by atoms with E-state index in [4.69, 9.17) is 16.7 Å². The van der Waals surface area contributed by atoms with Crippen LogP contribution in [0, 0.1) is 0 Å². The largest absolute Gasteiger partial charge is 0.478 e. The molecule has 0 aliphatic rings. The van der Waals surface area contributed by atoms with Gasteiger partial charge in [0.2, 0.25) is 0 Å². The molecule has 0 aliphatic carbocycles. The first-order valence-corrected chi connectivity index (χ1v) is 5.88. The molecular weight excluding hydrogens is 284 g/mol. The van der Waals surface area contributed by atoms with E-state index in [1.54, 1.807) is 0 Å². The summed E-state index contributed by atoms with van der Waals surface area (Å²) in [5.74, 6) is -1.92.